The average molecular weight is 691 g/mol. The molecule has 0 aliphatic heterocycles. The monoisotopic (exact) mass is 690 g/mol. The highest BCUT2D eigenvalue weighted by Gasteiger charge is 2.20. The lowest BCUT2D eigenvalue weighted by Crippen LogP contribution is -2.00. The van der Waals surface area contributed by atoms with E-state index in [4.69, 9.17) is 4.98 Å². The van der Waals surface area contributed by atoms with Crippen LogP contribution in [-0.2, 0) is 0 Å². The Morgan fingerprint density at radius 3 is 1.61 bits per heavy atom. The molecule has 0 fully saturated rings. The molecule has 0 aliphatic rings. The number of aromatic nitrogens is 3. The van der Waals surface area contributed by atoms with Crippen molar-refractivity contribution in [3.05, 3.63) is 187 Å². The van der Waals surface area contributed by atoms with Gasteiger partial charge in [0.05, 0.1) is 45.1 Å². The van der Waals surface area contributed by atoms with Gasteiger partial charge in [0.2, 0.25) is 0 Å². The van der Waals surface area contributed by atoms with E-state index < -0.39 is 0 Å². The van der Waals surface area contributed by atoms with Crippen molar-refractivity contribution in [2.75, 3.05) is 0 Å². The van der Waals surface area contributed by atoms with Gasteiger partial charge in [0, 0.05) is 39.0 Å². The minimum Gasteiger partial charge on any atom is -0.309 e. The summed E-state index contributed by atoms with van der Waals surface area (Å²) in [6.45, 7) is 4.33. The summed E-state index contributed by atoms with van der Waals surface area (Å²) in [5.74, 6) is 0. The Morgan fingerprint density at radius 2 is 1.00 bits per heavy atom. The number of nitrogens with zero attached hydrogens (tertiary/aromatic N) is 4. The Labute approximate surface area is 313 Å². The Kier molecular flexibility index (Phi) is 7.28. The van der Waals surface area contributed by atoms with E-state index in [1.165, 1.54) is 54.9 Å². The summed E-state index contributed by atoms with van der Waals surface area (Å²) in [6.07, 6.45) is 1.89. The van der Waals surface area contributed by atoms with E-state index in [1.54, 1.807) is 0 Å². The second-order valence-corrected chi connectivity index (χ2v) is 14.0. The van der Waals surface area contributed by atoms with E-state index in [0.29, 0.717) is 5.56 Å². The van der Waals surface area contributed by atoms with Crippen molar-refractivity contribution in [2.24, 2.45) is 0 Å². The molecule has 10 aromatic rings. The van der Waals surface area contributed by atoms with Crippen LogP contribution in [0.1, 0.15) is 16.7 Å². The molecule has 10 rings (SSSR count). The zero-order chi connectivity index (χ0) is 36.3. The van der Waals surface area contributed by atoms with Crippen LogP contribution in [0.5, 0.6) is 0 Å². The van der Waals surface area contributed by atoms with Gasteiger partial charge >= 0.3 is 0 Å². The molecule has 0 saturated carbocycles. The topological polar surface area (TPSA) is 46.5 Å². The quantitative estimate of drug-likeness (QED) is 0.180. The molecular weight excluding hydrogens is 657 g/mol. The lowest BCUT2D eigenvalue weighted by atomic mass is 9.99. The summed E-state index contributed by atoms with van der Waals surface area (Å²) in [7, 11) is 0. The fourth-order valence-electron chi connectivity index (χ4n) is 8.32. The number of hydrogen-bond acceptors (Lipinski definition) is 2. The van der Waals surface area contributed by atoms with Crippen LogP contribution in [0.2, 0.25) is 0 Å². The van der Waals surface area contributed by atoms with Gasteiger partial charge in [-0.3, -0.25) is 4.98 Å². The van der Waals surface area contributed by atoms with E-state index >= 15 is 0 Å². The molecule has 0 bridgehead atoms. The van der Waals surface area contributed by atoms with E-state index in [0.717, 1.165) is 44.7 Å². The number of hydrogen-bond donors (Lipinski definition) is 0. The van der Waals surface area contributed by atoms with Crippen LogP contribution in [-0.4, -0.2) is 14.1 Å². The molecule has 0 atom stereocenters. The molecule has 4 nitrogen and oxygen atoms in total. The molecule has 3 aromatic heterocycles. The van der Waals surface area contributed by atoms with Gasteiger partial charge in [-0.15, -0.1) is 0 Å². The predicted molar refractivity (Wildman–Crippen MR) is 223 cm³/mol. The lowest BCUT2D eigenvalue weighted by molar-refractivity contribution is 1.14. The van der Waals surface area contributed by atoms with Gasteiger partial charge in [0.1, 0.15) is 0 Å². The maximum atomic E-state index is 10.1. The van der Waals surface area contributed by atoms with E-state index in [2.05, 4.69) is 181 Å². The van der Waals surface area contributed by atoms with E-state index in [1.807, 2.05) is 18.3 Å². The molecule has 7 aromatic carbocycles. The van der Waals surface area contributed by atoms with Gasteiger partial charge in [0.25, 0.3) is 0 Å². The molecule has 54 heavy (non-hydrogen) atoms. The van der Waals surface area contributed by atoms with Crippen molar-refractivity contribution in [1.29, 1.82) is 5.26 Å². The predicted octanol–water partition coefficient (Wildman–Crippen LogP) is 12.8. The zero-order valence-electron chi connectivity index (χ0n) is 30.0. The van der Waals surface area contributed by atoms with Gasteiger partial charge < -0.3 is 9.13 Å². The first-order valence-electron chi connectivity index (χ1n) is 18.3. The fourth-order valence-corrected chi connectivity index (χ4v) is 8.32. The van der Waals surface area contributed by atoms with Gasteiger partial charge in [-0.2, -0.15) is 5.26 Å². The summed E-state index contributed by atoms with van der Waals surface area (Å²) in [5, 5.41) is 14.9. The first-order valence-corrected chi connectivity index (χ1v) is 18.3. The molecule has 0 saturated heterocycles. The first kappa shape index (κ1) is 31.5. The van der Waals surface area contributed by atoms with Gasteiger partial charge in [-0.05, 0) is 114 Å². The SMILES string of the molecule is Cc1ccccc1-c1ccc2c(c1)c1ccccc1n2-c1ccnc(-c2cc(C#N)ccc2-n2c3ccccc3c3cc(-c4ccccc4C)ccc32)c1. The number of fused-ring (bicyclic) bond motifs is 6. The normalized spacial score (nSPS) is 11.5. The number of aryl methyl sites for hydroxylation is 2. The molecule has 3 heterocycles. The summed E-state index contributed by atoms with van der Waals surface area (Å²) >= 11 is 0. The highest BCUT2D eigenvalue weighted by molar-refractivity contribution is 6.12. The van der Waals surface area contributed by atoms with Crippen LogP contribution < -0.4 is 0 Å². The smallest absolute Gasteiger partial charge is 0.0991 e. The zero-order valence-corrected chi connectivity index (χ0v) is 30.0. The van der Waals surface area contributed by atoms with Crippen LogP contribution in [0.4, 0.5) is 0 Å². The van der Waals surface area contributed by atoms with E-state index in [-0.39, 0.29) is 0 Å². The van der Waals surface area contributed by atoms with Crippen LogP contribution in [0.15, 0.2) is 170 Å². The lowest BCUT2D eigenvalue weighted by Gasteiger charge is -2.16. The minimum absolute atomic E-state index is 0.587. The number of pyridine rings is 1. The largest absolute Gasteiger partial charge is 0.309 e. The molecule has 0 N–H and O–H groups in total. The summed E-state index contributed by atoms with van der Waals surface area (Å²) < 4.78 is 4.66. The van der Waals surface area contributed by atoms with Crippen molar-refractivity contribution in [3.63, 3.8) is 0 Å². The molecule has 0 amide bonds. The Hall–Kier alpha value is -7.22. The van der Waals surface area contributed by atoms with Gasteiger partial charge in [-0.1, -0.05) is 97.1 Å². The fraction of sp³-hybridized carbons (Fsp3) is 0.0400. The molecule has 4 heteroatoms. The maximum Gasteiger partial charge on any atom is 0.0991 e. The number of para-hydroxylation sites is 2. The third-order valence-electron chi connectivity index (χ3n) is 10.9. The van der Waals surface area contributed by atoms with Crippen LogP contribution in [0.3, 0.4) is 0 Å². The summed E-state index contributed by atoms with van der Waals surface area (Å²) in [6, 6.07) is 60.4. The van der Waals surface area contributed by atoms with E-state index in [9.17, 15) is 5.26 Å². The minimum atomic E-state index is 0.587. The summed E-state index contributed by atoms with van der Waals surface area (Å²) in [4.78, 5) is 4.98. The standard InChI is InChI=1S/C50H34N4/c1-32-11-3-5-13-38(32)35-20-23-48-42(28-35)40-15-7-9-17-46(40)53(48)37-25-26-52-45(30-37)44-27-34(31-51)19-22-50(44)54-47-18-10-8-16-41(47)43-29-36(21-24-49(43)54)39-14-6-4-12-33(39)2/h3-30H,1-2H3. The van der Waals surface area contributed by atoms with Crippen LogP contribution in [0, 0.1) is 25.2 Å². The third kappa shape index (κ3) is 4.94. The molecule has 0 unspecified atom stereocenters. The molecular formula is C50H34N4. The highest BCUT2D eigenvalue weighted by Crippen LogP contribution is 2.40. The van der Waals surface area contributed by atoms with Gasteiger partial charge in [-0.25, -0.2) is 0 Å². The van der Waals surface area contributed by atoms with Crippen LogP contribution >= 0.6 is 0 Å². The number of nitriles is 1. The molecule has 254 valence electrons. The Bertz CT molecular complexity index is 3150. The van der Waals surface area contributed by atoms with Crippen molar-refractivity contribution >= 4 is 43.6 Å². The second kappa shape index (κ2) is 12.5. The maximum absolute atomic E-state index is 10.1. The van der Waals surface area contributed by atoms with Crippen LogP contribution in [0.25, 0.3) is 88.5 Å². The third-order valence-corrected chi connectivity index (χ3v) is 10.9. The Balaban J connectivity index is 1.18. The first-order chi connectivity index (χ1) is 26.6. The van der Waals surface area contributed by atoms with Crippen molar-refractivity contribution in [2.45, 2.75) is 13.8 Å². The van der Waals surface area contributed by atoms with Crippen molar-refractivity contribution < 1.29 is 0 Å². The highest BCUT2D eigenvalue weighted by atomic mass is 15.0. The molecule has 0 aliphatic carbocycles. The number of benzene rings is 7. The van der Waals surface area contributed by atoms with Crippen molar-refractivity contribution in [1.82, 2.24) is 14.1 Å². The van der Waals surface area contributed by atoms with Crippen molar-refractivity contribution in [3.8, 4) is 51.0 Å². The average Bonchev–Trinajstić information content (AvgIpc) is 3.73. The molecule has 0 spiro atoms. The number of rotatable bonds is 5. The second-order valence-electron chi connectivity index (χ2n) is 14.0. The molecule has 0 radical (unpaired) electrons. The Morgan fingerprint density at radius 1 is 0.463 bits per heavy atom. The van der Waals surface area contributed by atoms with Gasteiger partial charge in [0.15, 0.2) is 0 Å². The summed E-state index contributed by atoms with van der Waals surface area (Å²) in [5.41, 5.74) is 16.1.